The first-order chi connectivity index (χ1) is 16.0. The molecule has 2 amide bonds. The average molecular weight is 475 g/mol. The topological polar surface area (TPSA) is 102 Å². The summed E-state index contributed by atoms with van der Waals surface area (Å²) in [6, 6.07) is 7.74. The van der Waals surface area contributed by atoms with Crippen LogP contribution in [0, 0.1) is 23.7 Å². The molecule has 0 saturated carbocycles. The van der Waals surface area contributed by atoms with Crippen molar-refractivity contribution < 1.29 is 23.9 Å². The van der Waals surface area contributed by atoms with Crippen molar-refractivity contribution in [3.05, 3.63) is 35.9 Å². The molecule has 0 heterocycles. The third-order valence-corrected chi connectivity index (χ3v) is 5.37. The Morgan fingerprint density at radius 2 is 1.38 bits per heavy atom. The molecule has 2 N–H and O–H groups in total. The summed E-state index contributed by atoms with van der Waals surface area (Å²) in [6.45, 7) is 12.0. The van der Waals surface area contributed by atoms with E-state index in [-0.39, 0.29) is 36.6 Å². The van der Waals surface area contributed by atoms with E-state index >= 15 is 0 Å². The Balaban J connectivity index is 2.84. The minimum absolute atomic E-state index is 0.0973. The number of nitrogens with one attached hydrogen (secondary N) is 2. The quantitative estimate of drug-likeness (QED) is 0.360. The minimum Gasteiger partial charge on any atom is -0.445 e. The van der Waals surface area contributed by atoms with Gasteiger partial charge in [0.05, 0.1) is 6.04 Å². The van der Waals surface area contributed by atoms with Crippen LogP contribution in [0.5, 0.6) is 0 Å². The summed E-state index contributed by atoms with van der Waals surface area (Å²) in [4.78, 5) is 50.0. The predicted molar refractivity (Wildman–Crippen MR) is 133 cm³/mol. The lowest BCUT2D eigenvalue weighted by molar-refractivity contribution is -0.130. The van der Waals surface area contributed by atoms with E-state index in [0.29, 0.717) is 25.2 Å². The maximum Gasteiger partial charge on any atom is 0.408 e. The standard InChI is InChI=1S/C27H42N2O5/c1-18(2)12-22(16-30)15-25(31)23(13-19(3)4)28-26(32)24(14-20(5)6)29-27(33)34-17-21-10-8-7-9-11-21/h7-11,16,18-20,22-24H,12-15,17H2,1-6H3,(H,28,32)(H,29,33)/t22-,23+,24?/m1/s1. The molecule has 0 bridgehead atoms. The zero-order valence-corrected chi connectivity index (χ0v) is 21.5. The Bertz CT molecular complexity index is 776. The summed E-state index contributed by atoms with van der Waals surface area (Å²) in [5.74, 6) is -0.346. The molecular weight excluding hydrogens is 432 g/mol. The number of alkyl carbamates (subject to hydrolysis) is 1. The predicted octanol–water partition coefficient (Wildman–Crippen LogP) is 4.68. The number of amides is 2. The lowest BCUT2D eigenvalue weighted by Gasteiger charge is -2.25. The Labute approximate surface area is 204 Å². The normalized spacial score (nSPS) is 13.9. The average Bonchev–Trinajstić information content (AvgIpc) is 2.76. The Morgan fingerprint density at radius 3 is 1.91 bits per heavy atom. The van der Waals surface area contributed by atoms with E-state index in [4.69, 9.17) is 4.74 Å². The van der Waals surface area contributed by atoms with Crippen LogP contribution in [0.1, 0.15) is 72.8 Å². The molecule has 0 radical (unpaired) electrons. The number of aldehydes is 1. The van der Waals surface area contributed by atoms with Gasteiger partial charge in [0.15, 0.2) is 5.78 Å². The van der Waals surface area contributed by atoms with Gasteiger partial charge in [-0.1, -0.05) is 71.9 Å². The Morgan fingerprint density at radius 1 is 0.824 bits per heavy atom. The molecule has 0 spiro atoms. The lowest BCUT2D eigenvalue weighted by Crippen LogP contribution is -2.52. The first-order valence-corrected chi connectivity index (χ1v) is 12.3. The van der Waals surface area contributed by atoms with Crippen LogP contribution in [0.15, 0.2) is 30.3 Å². The van der Waals surface area contributed by atoms with E-state index < -0.39 is 24.1 Å². The van der Waals surface area contributed by atoms with Gasteiger partial charge in [0, 0.05) is 12.3 Å². The van der Waals surface area contributed by atoms with Crippen LogP contribution in [0.4, 0.5) is 4.79 Å². The van der Waals surface area contributed by atoms with Gasteiger partial charge in [0.1, 0.15) is 18.9 Å². The molecule has 0 saturated heterocycles. The highest BCUT2D eigenvalue weighted by molar-refractivity contribution is 5.93. The van der Waals surface area contributed by atoms with Crippen molar-refractivity contribution in [2.24, 2.45) is 23.7 Å². The Hall–Kier alpha value is -2.70. The fraction of sp³-hybridized carbons (Fsp3) is 0.630. The number of carbonyl (C=O) groups is 4. The first kappa shape index (κ1) is 29.3. The van der Waals surface area contributed by atoms with Gasteiger partial charge in [-0.3, -0.25) is 9.59 Å². The summed E-state index contributed by atoms with van der Waals surface area (Å²) in [6.07, 6.45) is 1.74. The number of hydrogen-bond donors (Lipinski definition) is 2. The van der Waals surface area contributed by atoms with Gasteiger partial charge in [-0.05, 0) is 42.6 Å². The van der Waals surface area contributed by atoms with Gasteiger partial charge in [-0.25, -0.2) is 4.79 Å². The molecule has 0 fully saturated rings. The van der Waals surface area contributed by atoms with Crippen LogP contribution >= 0.6 is 0 Å². The number of ketones is 1. The third kappa shape index (κ3) is 12.0. The van der Waals surface area contributed by atoms with E-state index in [1.165, 1.54) is 0 Å². The third-order valence-electron chi connectivity index (χ3n) is 5.37. The van der Waals surface area contributed by atoms with Gasteiger partial charge in [0.25, 0.3) is 0 Å². The van der Waals surface area contributed by atoms with E-state index in [0.717, 1.165) is 11.8 Å². The number of carbonyl (C=O) groups excluding carboxylic acids is 4. The van der Waals surface area contributed by atoms with Crippen LogP contribution in [0.2, 0.25) is 0 Å². The number of ether oxygens (including phenoxy) is 1. The van der Waals surface area contributed by atoms with Crippen molar-refractivity contribution in [2.45, 2.75) is 85.9 Å². The van der Waals surface area contributed by atoms with Crippen molar-refractivity contribution >= 4 is 24.1 Å². The first-order valence-electron chi connectivity index (χ1n) is 12.3. The second-order valence-corrected chi connectivity index (χ2v) is 10.3. The SMILES string of the molecule is CC(C)CC(NC(=O)OCc1ccccc1)C(=O)N[C@@H](CC(C)C)C(=O)C[C@H](C=O)CC(C)C. The highest BCUT2D eigenvalue weighted by atomic mass is 16.5. The molecule has 1 rings (SSSR count). The highest BCUT2D eigenvalue weighted by Gasteiger charge is 2.29. The molecule has 34 heavy (non-hydrogen) atoms. The fourth-order valence-electron chi connectivity index (χ4n) is 3.82. The summed E-state index contributed by atoms with van der Waals surface area (Å²) >= 11 is 0. The number of hydrogen-bond acceptors (Lipinski definition) is 5. The van der Waals surface area contributed by atoms with Crippen LogP contribution < -0.4 is 10.6 Å². The molecule has 0 aliphatic heterocycles. The zero-order chi connectivity index (χ0) is 25.7. The van der Waals surface area contributed by atoms with Crippen LogP contribution in [-0.2, 0) is 25.7 Å². The number of benzene rings is 1. The molecule has 1 unspecified atom stereocenters. The largest absolute Gasteiger partial charge is 0.445 e. The second-order valence-electron chi connectivity index (χ2n) is 10.3. The molecule has 1 aromatic carbocycles. The van der Waals surface area contributed by atoms with E-state index in [1.807, 2.05) is 71.9 Å². The molecular formula is C27H42N2O5. The van der Waals surface area contributed by atoms with Gasteiger partial charge in [-0.2, -0.15) is 0 Å². The monoisotopic (exact) mass is 474 g/mol. The molecule has 190 valence electrons. The summed E-state index contributed by atoms with van der Waals surface area (Å²) < 4.78 is 5.28. The van der Waals surface area contributed by atoms with Crippen molar-refractivity contribution in [3.8, 4) is 0 Å². The summed E-state index contributed by atoms with van der Waals surface area (Å²) in [7, 11) is 0. The van der Waals surface area contributed by atoms with E-state index in [9.17, 15) is 19.2 Å². The Kier molecular flexibility index (Phi) is 13.2. The highest BCUT2D eigenvalue weighted by Crippen LogP contribution is 2.17. The van der Waals surface area contributed by atoms with Crippen LogP contribution in [0.3, 0.4) is 0 Å². The second kappa shape index (κ2) is 15.3. The molecule has 3 atom stereocenters. The zero-order valence-electron chi connectivity index (χ0n) is 21.5. The molecule has 7 heteroatoms. The van der Waals surface area contributed by atoms with Crippen molar-refractivity contribution in [2.75, 3.05) is 0 Å². The van der Waals surface area contributed by atoms with Gasteiger partial charge < -0.3 is 20.2 Å². The molecule has 0 aliphatic carbocycles. The van der Waals surface area contributed by atoms with Crippen molar-refractivity contribution in [1.82, 2.24) is 10.6 Å². The van der Waals surface area contributed by atoms with Gasteiger partial charge >= 0.3 is 6.09 Å². The molecule has 7 nitrogen and oxygen atoms in total. The molecule has 1 aromatic rings. The molecule has 0 aromatic heterocycles. The van der Waals surface area contributed by atoms with Crippen molar-refractivity contribution in [1.29, 1.82) is 0 Å². The van der Waals surface area contributed by atoms with E-state index in [2.05, 4.69) is 10.6 Å². The van der Waals surface area contributed by atoms with Crippen molar-refractivity contribution in [3.63, 3.8) is 0 Å². The lowest BCUT2D eigenvalue weighted by atomic mass is 9.89. The maximum absolute atomic E-state index is 13.1. The van der Waals surface area contributed by atoms with E-state index in [1.54, 1.807) is 0 Å². The summed E-state index contributed by atoms with van der Waals surface area (Å²) in [5, 5.41) is 5.49. The summed E-state index contributed by atoms with van der Waals surface area (Å²) in [5.41, 5.74) is 0.844. The maximum atomic E-state index is 13.1. The van der Waals surface area contributed by atoms with Crippen LogP contribution in [-0.4, -0.2) is 36.2 Å². The smallest absolute Gasteiger partial charge is 0.408 e. The minimum atomic E-state index is -0.830. The van der Waals surface area contributed by atoms with Crippen LogP contribution in [0.25, 0.3) is 0 Å². The van der Waals surface area contributed by atoms with Gasteiger partial charge in [-0.15, -0.1) is 0 Å². The fourth-order valence-corrected chi connectivity index (χ4v) is 3.82. The molecule has 0 aliphatic rings. The number of rotatable bonds is 15. The van der Waals surface area contributed by atoms with Gasteiger partial charge in [0.2, 0.25) is 5.91 Å². The number of Topliss-reactive ketones (excluding diaryl/α,β-unsaturated/α-hetero) is 1.